The Balaban J connectivity index is 2.06. The Morgan fingerprint density at radius 3 is 2.32 bits per heavy atom. The maximum absolute atomic E-state index is 12.1. The van der Waals surface area contributed by atoms with E-state index in [1.807, 2.05) is 42.5 Å². The molecule has 3 heteroatoms. The molecule has 0 bridgehead atoms. The van der Waals surface area contributed by atoms with Gasteiger partial charge in [0.25, 0.3) is 0 Å². The van der Waals surface area contributed by atoms with Crippen LogP contribution in [0.5, 0.6) is 0 Å². The molecular formula is C16H14NOS+. The largest absolute Gasteiger partial charge is 0.289 e. The van der Waals surface area contributed by atoms with Gasteiger partial charge < -0.3 is 0 Å². The normalized spacial score (nSPS) is 11.6. The smallest absolute Gasteiger partial charge is 0.212 e. The predicted molar refractivity (Wildman–Crippen MR) is 78.4 cm³/mol. The van der Waals surface area contributed by atoms with Gasteiger partial charge in [0, 0.05) is 16.5 Å². The van der Waals surface area contributed by atoms with E-state index < -0.39 is 0 Å². The van der Waals surface area contributed by atoms with Crippen LogP contribution in [0.1, 0.15) is 15.9 Å². The number of nitriles is 1. The second-order valence-corrected chi connectivity index (χ2v) is 6.24. The predicted octanol–water partition coefficient (Wildman–Crippen LogP) is 3.05. The number of Topliss-reactive ketones (excluding diaryl/α,β-unsaturated/α-hetero) is 1. The van der Waals surface area contributed by atoms with Crippen molar-refractivity contribution in [3.05, 3.63) is 65.7 Å². The third-order valence-electron chi connectivity index (χ3n) is 2.83. The summed E-state index contributed by atoms with van der Waals surface area (Å²) in [5.74, 6) is 0.673. The first-order valence-corrected chi connectivity index (χ1v) is 7.72. The molecule has 2 aromatic rings. The summed E-state index contributed by atoms with van der Waals surface area (Å²) < 4.78 is 0. The molecule has 0 aliphatic rings. The molecule has 0 fully saturated rings. The zero-order valence-corrected chi connectivity index (χ0v) is 11.5. The van der Waals surface area contributed by atoms with Crippen LogP contribution in [0.25, 0.3) is 0 Å². The van der Waals surface area contributed by atoms with Crippen molar-refractivity contribution < 1.29 is 4.79 Å². The van der Waals surface area contributed by atoms with Crippen molar-refractivity contribution in [1.82, 2.24) is 0 Å². The number of rotatable bonds is 4. The summed E-state index contributed by atoms with van der Waals surface area (Å²) in [5, 5.41) is 8.76. The zero-order chi connectivity index (χ0) is 13.7. The maximum atomic E-state index is 12.1. The molecular weight excluding hydrogens is 254 g/mol. The van der Waals surface area contributed by atoms with Crippen LogP contribution in [0, 0.1) is 11.3 Å². The van der Waals surface area contributed by atoms with Gasteiger partial charge in [-0.2, -0.15) is 5.26 Å². The summed E-state index contributed by atoms with van der Waals surface area (Å²) in [5.41, 5.74) is 1.41. The molecule has 2 rings (SSSR count). The second-order valence-electron chi connectivity index (χ2n) is 4.21. The van der Waals surface area contributed by atoms with E-state index in [2.05, 4.69) is 12.3 Å². The van der Waals surface area contributed by atoms with E-state index in [-0.39, 0.29) is 16.7 Å². The van der Waals surface area contributed by atoms with Crippen LogP contribution in [-0.4, -0.2) is 17.8 Å². The molecule has 0 saturated carbocycles. The van der Waals surface area contributed by atoms with Crippen LogP contribution in [0.4, 0.5) is 0 Å². The van der Waals surface area contributed by atoms with E-state index >= 15 is 0 Å². The minimum atomic E-state index is -0.133. The average molecular weight is 268 g/mol. The van der Waals surface area contributed by atoms with Crippen molar-refractivity contribution >= 4 is 16.7 Å². The highest BCUT2D eigenvalue weighted by Gasteiger charge is 2.21. The highest BCUT2D eigenvalue weighted by Crippen LogP contribution is 2.14. The summed E-state index contributed by atoms with van der Waals surface area (Å²) in [6, 6.07) is 18.9. The number of carbonyl (C=O) groups excluding carboxylic acids is 1. The number of nitrogens with zero attached hydrogens (tertiary/aromatic N) is 1. The molecule has 0 N–H and O–H groups in total. The molecule has 1 atom stereocenters. The van der Waals surface area contributed by atoms with Gasteiger partial charge >= 0.3 is 0 Å². The summed E-state index contributed by atoms with van der Waals surface area (Å²) in [4.78, 5) is 13.2. The molecule has 1 unspecified atom stereocenters. The molecule has 0 amide bonds. The fraction of sp³-hybridized carbons (Fsp3) is 0.125. The van der Waals surface area contributed by atoms with Gasteiger partial charge in [0.1, 0.15) is 6.26 Å². The molecule has 0 saturated heterocycles. The number of hydrogen-bond donors (Lipinski definition) is 0. The average Bonchev–Trinajstić information content (AvgIpc) is 2.48. The number of hydrogen-bond acceptors (Lipinski definition) is 2. The Morgan fingerprint density at radius 1 is 1.11 bits per heavy atom. The van der Waals surface area contributed by atoms with Crippen molar-refractivity contribution in [3.8, 4) is 6.07 Å². The van der Waals surface area contributed by atoms with Crippen LogP contribution < -0.4 is 0 Å². The quantitative estimate of drug-likeness (QED) is 0.631. The SMILES string of the molecule is C[S+](CC(=O)c1ccccc1)c1ccc(C#N)cc1. The zero-order valence-electron chi connectivity index (χ0n) is 10.7. The van der Waals surface area contributed by atoms with Crippen LogP contribution in [0.3, 0.4) is 0 Å². The first-order valence-electron chi connectivity index (χ1n) is 5.91. The van der Waals surface area contributed by atoms with Gasteiger partial charge in [-0.15, -0.1) is 0 Å². The number of benzene rings is 2. The number of ketones is 1. The van der Waals surface area contributed by atoms with Gasteiger partial charge in [0.05, 0.1) is 11.6 Å². The lowest BCUT2D eigenvalue weighted by atomic mass is 10.2. The molecule has 0 aliphatic heterocycles. The van der Waals surface area contributed by atoms with Crippen molar-refractivity contribution in [2.45, 2.75) is 4.90 Å². The van der Waals surface area contributed by atoms with Crippen LogP contribution in [0.15, 0.2) is 59.5 Å². The van der Waals surface area contributed by atoms with E-state index in [0.717, 1.165) is 10.5 Å². The van der Waals surface area contributed by atoms with Crippen LogP contribution in [0.2, 0.25) is 0 Å². The van der Waals surface area contributed by atoms with E-state index in [0.29, 0.717) is 11.3 Å². The molecule has 2 nitrogen and oxygen atoms in total. The molecule has 2 aromatic carbocycles. The van der Waals surface area contributed by atoms with Gasteiger partial charge in [-0.3, -0.25) is 4.79 Å². The van der Waals surface area contributed by atoms with E-state index in [4.69, 9.17) is 5.26 Å². The van der Waals surface area contributed by atoms with Crippen molar-refractivity contribution in [3.63, 3.8) is 0 Å². The van der Waals surface area contributed by atoms with Gasteiger partial charge in [0.2, 0.25) is 5.78 Å². The Labute approximate surface area is 116 Å². The fourth-order valence-electron chi connectivity index (χ4n) is 1.75. The Bertz CT molecular complexity index is 599. The lowest BCUT2D eigenvalue weighted by Gasteiger charge is -2.03. The van der Waals surface area contributed by atoms with Gasteiger partial charge in [0.15, 0.2) is 10.6 Å². The minimum Gasteiger partial charge on any atom is -0.289 e. The van der Waals surface area contributed by atoms with Crippen molar-refractivity contribution in [2.24, 2.45) is 0 Å². The van der Waals surface area contributed by atoms with Crippen molar-refractivity contribution in [2.75, 3.05) is 12.0 Å². The maximum Gasteiger partial charge on any atom is 0.212 e. The van der Waals surface area contributed by atoms with Gasteiger partial charge in [-0.25, -0.2) is 0 Å². The van der Waals surface area contributed by atoms with E-state index in [1.54, 1.807) is 12.1 Å². The van der Waals surface area contributed by atoms with Gasteiger partial charge in [-0.05, 0) is 24.3 Å². The molecule has 0 radical (unpaired) electrons. The Hall–Kier alpha value is -2.05. The van der Waals surface area contributed by atoms with E-state index in [9.17, 15) is 4.79 Å². The summed E-state index contributed by atoms with van der Waals surface area (Å²) in [6.07, 6.45) is 2.06. The third-order valence-corrected chi connectivity index (χ3v) is 4.60. The van der Waals surface area contributed by atoms with Crippen LogP contribution >= 0.6 is 0 Å². The molecule has 0 heterocycles. The summed E-state index contributed by atoms with van der Waals surface area (Å²) >= 11 is 0. The van der Waals surface area contributed by atoms with Gasteiger partial charge in [-0.1, -0.05) is 30.3 Å². The van der Waals surface area contributed by atoms with Crippen molar-refractivity contribution in [1.29, 1.82) is 5.26 Å². The van der Waals surface area contributed by atoms with E-state index in [1.165, 1.54) is 0 Å². The number of carbonyl (C=O) groups is 1. The molecule has 0 aromatic heterocycles. The lowest BCUT2D eigenvalue weighted by molar-refractivity contribution is 0.102. The molecule has 19 heavy (non-hydrogen) atoms. The Kier molecular flexibility index (Phi) is 4.38. The highest BCUT2D eigenvalue weighted by atomic mass is 32.2. The first-order chi connectivity index (χ1) is 9.20. The minimum absolute atomic E-state index is 0.133. The first kappa shape index (κ1) is 13.4. The Morgan fingerprint density at radius 2 is 1.74 bits per heavy atom. The van der Waals surface area contributed by atoms with Crippen LogP contribution in [-0.2, 0) is 10.9 Å². The third kappa shape index (κ3) is 3.46. The molecule has 94 valence electrons. The highest BCUT2D eigenvalue weighted by molar-refractivity contribution is 7.96. The molecule has 0 spiro atoms. The monoisotopic (exact) mass is 268 g/mol. The topological polar surface area (TPSA) is 40.9 Å². The summed E-state index contributed by atoms with van der Waals surface area (Å²) in [7, 11) is -0.133. The lowest BCUT2D eigenvalue weighted by Crippen LogP contribution is -2.15. The second kappa shape index (κ2) is 6.21. The standard InChI is InChI=1S/C16H14NOS/c1-19(15-9-7-13(11-17)8-10-15)12-16(18)14-5-3-2-4-6-14/h2-10H,12H2,1H3/q+1. The summed E-state index contributed by atoms with van der Waals surface area (Å²) in [6.45, 7) is 0. The molecule has 0 aliphatic carbocycles. The fourth-order valence-corrected chi connectivity index (χ4v) is 3.08.